The van der Waals surface area contributed by atoms with Gasteiger partial charge in [0.1, 0.15) is 0 Å². The predicted molar refractivity (Wildman–Crippen MR) is 60.8 cm³/mol. The Morgan fingerprint density at radius 3 is 3.21 bits per heavy atom. The highest BCUT2D eigenvalue weighted by Gasteiger charge is 2.15. The van der Waals surface area contributed by atoms with Crippen molar-refractivity contribution >= 4 is 34.1 Å². The average Bonchev–Trinajstić information content (AvgIpc) is 2.59. The number of nitrogens with one attached hydrogen (secondary N) is 1. The third-order valence-corrected chi connectivity index (χ3v) is 4.09. The first-order valence-corrected chi connectivity index (χ1v) is 6.26. The van der Waals surface area contributed by atoms with Gasteiger partial charge in [-0.3, -0.25) is 10.1 Å². The summed E-state index contributed by atoms with van der Waals surface area (Å²) in [6.45, 7) is 3.40. The Kier molecular flexibility index (Phi) is 2.88. The molecule has 0 saturated heterocycles. The number of thioether (sulfide) groups is 1. The number of hydrogen-bond acceptors (Lipinski definition) is 4. The number of thiazole rings is 1. The molecule has 0 aliphatic carbocycles. The summed E-state index contributed by atoms with van der Waals surface area (Å²) >= 11 is 3.48. The van der Waals surface area contributed by atoms with Crippen LogP contribution in [0.3, 0.4) is 0 Å². The Bertz CT molecular complexity index is 349. The zero-order chi connectivity index (χ0) is 9.97. The zero-order valence-corrected chi connectivity index (χ0v) is 9.21. The maximum Gasteiger partial charge on any atom is 0.249 e. The monoisotopic (exact) mass is 226 g/mol. The van der Waals surface area contributed by atoms with Gasteiger partial charge in [0.05, 0.1) is 5.69 Å². The van der Waals surface area contributed by atoms with Crippen molar-refractivity contribution < 1.29 is 4.79 Å². The maximum absolute atomic E-state index is 11.0. The number of hydrogen-bond donors (Lipinski definition) is 1. The predicted octanol–water partition coefficient (Wildman–Crippen LogP) is 2.06. The number of aromatic nitrogens is 1. The quantitative estimate of drug-likeness (QED) is 0.785. The molecule has 2 rings (SSSR count). The van der Waals surface area contributed by atoms with Crippen molar-refractivity contribution in [2.45, 2.75) is 12.2 Å². The highest BCUT2D eigenvalue weighted by molar-refractivity contribution is 7.98. The fourth-order valence-electron chi connectivity index (χ4n) is 1.24. The third kappa shape index (κ3) is 1.99. The summed E-state index contributed by atoms with van der Waals surface area (Å²) in [4.78, 5) is 16.7. The van der Waals surface area contributed by atoms with E-state index < -0.39 is 0 Å². The minimum absolute atomic E-state index is 0.191. The number of amides is 1. The van der Waals surface area contributed by atoms with Gasteiger partial charge in [-0.25, -0.2) is 4.98 Å². The number of aryl methyl sites for hydroxylation is 1. The summed E-state index contributed by atoms with van der Waals surface area (Å²) in [5.74, 6) is 1.96. The second-order valence-electron chi connectivity index (χ2n) is 2.88. The van der Waals surface area contributed by atoms with Gasteiger partial charge < -0.3 is 0 Å². The Hall–Kier alpha value is -0.810. The van der Waals surface area contributed by atoms with Crippen LogP contribution in [-0.4, -0.2) is 16.6 Å². The van der Waals surface area contributed by atoms with E-state index in [2.05, 4.69) is 16.9 Å². The highest BCUT2D eigenvalue weighted by atomic mass is 32.2. The lowest BCUT2D eigenvalue weighted by atomic mass is 10.3. The lowest BCUT2D eigenvalue weighted by Crippen LogP contribution is -2.07. The molecule has 74 valence electrons. The number of nitrogens with zero attached hydrogens (tertiary/aromatic N) is 1. The summed E-state index contributed by atoms with van der Waals surface area (Å²) in [6, 6.07) is 0. The molecule has 1 aliphatic rings. The molecule has 1 N–H and O–H groups in total. The van der Waals surface area contributed by atoms with Crippen LogP contribution in [0.15, 0.2) is 12.7 Å². The van der Waals surface area contributed by atoms with Crippen molar-refractivity contribution in [1.82, 2.24) is 4.98 Å². The van der Waals surface area contributed by atoms with Crippen molar-refractivity contribution in [3.63, 3.8) is 0 Å². The van der Waals surface area contributed by atoms with Crippen LogP contribution in [0.2, 0.25) is 0 Å². The number of fused-ring (bicyclic) bond motifs is 1. The Morgan fingerprint density at radius 2 is 2.50 bits per heavy atom. The van der Waals surface area contributed by atoms with E-state index in [-0.39, 0.29) is 5.91 Å². The molecule has 1 amide bonds. The fraction of sp³-hybridized carbons (Fsp3) is 0.333. The van der Waals surface area contributed by atoms with Gasteiger partial charge in [0.15, 0.2) is 5.13 Å². The van der Waals surface area contributed by atoms with Gasteiger partial charge in [0.2, 0.25) is 5.91 Å². The molecule has 0 spiro atoms. The van der Waals surface area contributed by atoms with Crippen LogP contribution in [0, 0.1) is 0 Å². The van der Waals surface area contributed by atoms with Crippen molar-refractivity contribution in [3.8, 4) is 0 Å². The van der Waals surface area contributed by atoms with E-state index >= 15 is 0 Å². The van der Waals surface area contributed by atoms with Gasteiger partial charge in [0, 0.05) is 10.6 Å². The molecule has 3 nitrogen and oxygen atoms in total. The van der Waals surface area contributed by atoms with E-state index in [4.69, 9.17) is 0 Å². The molecule has 14 heavy (non-hydrogen) atoms. The smallest absolute Gasteiger partial charge is 0.249 e. The second-order valence-corrected chi connectivity index (χ2v) is 5.07. The molecular weight excluding hydrogens is 216 g/mol. The summed E-state index contributed by atoms with van der Waals surface area (Å²) in [5, 5.41) is 3.39. The van der Waals surface area contributed by atoms with E-state index in [0.29, 0.717) is 5.13 Å². The van der Waals surface area contributed by atoms with Crippen LogP contribution >= 0.6 is 23.1 Å². The largest absolute Gasteiger partial charge is 0.298 e. The molecule has 1 aromatic rings. The lowest BCUT2D eigenvalue weighted by Gasteiger charge is -2.06. The highest BCUT2D eigenvalue weighted by Crippen LogP contribution is 2.31. The first-order valence-electron chi connectivity index (χ1n) is 4.29. The van der Waals surface area contributed by atoms with Crippen LogP contribution < -0.4 is 5.32 Å². The van der Waals surface area contributed by atoms with Crippen LogP contribution in [0.5, 0.6) is 0 Å². The molecule has 0 fully saturated rings. The Labute approximate surface area is 90.6 Å². The summed E-state index contributed by atoms with van der Waals surface area (Å²) in [7, 11) is 0. The molecule has 0 saturated carbocycles. The van der Waals surface area contributed by atoms with Crippen molar-refractivity contribution in [2.24, 2.45) is 0 Å². The van der Waals surface area contributed by atoms with Crippen LogP contribution in [0.1, 0.15) is 10.6 Å². The van der Waals surface area contributed by atoms with Gasteiger partial charge in [-0.15, -0.1) is 11.3 Å². The summed E-state index contributed by atoms with van der Waals surface area (Å²) < 4.78 is 0. The average molecular weight is 226 g/mol. The minimum Gasteiger partial charge on any atom is -0.298 e. The molecule has 0 radical (unpaired) electrons. The van der Waals surface area contributed by atoms with E-state index in [0.717, 1.165) is 23.6 Å². The van der Waals surface area contributed by atoms with Gasteiger partial charge in [-0.2, -0.15) is 11.8 Å². The first-order chi connectivity index (χ1) is 6.79. The first kappa shape index (κ1) is 9.73. The van der Waals surface area contributed by atoms with E-state index in [1.807, 2.05) is 11.8 Å². The molecule has 1 aromatic heterocycles. The van der Waals surface area contributed by atoms with Crippen LogP contribution in [0.25, 0.3) is 0 Å². The molecule has 0 unspecified atom stereocenters. The summed E-state index contributed by atoms with van der Waals surface area (Å²) in [5.41, 5.74) is 1.15. The number of rotatable bonds is 2. The molecule has 1 aliphatic heterocycles. The SMILES string of the molecule is C=CC(=O)Nc1nc2c(s1)CSCC2. The van der Waals surface area contributed by atoms with Crippen molar-refractivity contribution in [1.29, 1.82) is 0 Å². The number of anilines is 1. The number of carbonyl (C=O) groups is 1. The van der Waals surface area contributed by atoms with Gasteiger partial charge >= 0.3 is 0 Å². The molecule has 0 bridgehead atoms. The normalized spacial score (nSPS) is 14.6. The van der Waals surface area contributed by atoms with E-state index in [1.165, 1.54) is 11.0 Å². The molecular formula is C9H10N2OS2. The topological polar surface area (TPSA) is 42.0 Å². The van der Waals surface area contributed by atoms with Crippen LogP contribution in [-0.2, 0) is 17.0 Å². The van der Waals surface area contributed by atoms with Crippen molar-refractivity contribution in [3.05, 3.63) is 23.2 Å². The fourth-order valence-corrected chi connectivity index (χ4v) is 3.36. The molecule has 5 heteroatoms. The maximum atomic E-state index is 11.0. The Morgan fingerprint density at radius 1 is 1.64 bits per heavy atom. The van der Waals surface area contributed by atoms with Gasteiger partial charge in [-0.1, -0.05) is 6.58 Å². The number of carbonyl (C=O) groups excluding carboxylic acids is 1. The summed E-state index contributed by atoms with van der Waals surface area (Å²) in [6.07, 6.45) is 2.27. The van der Waals surface area contributed by atoms with E-state index in [9.17, 15) is 4.79 Å². The molecule has 0 atom stereocenters. The molecule has 0 aromatic carbocycles. The van der Waals surface area contributed by atoms with Crippen molar-refractivity contribution in [2.75, 3.05) is 11.1 Å². The molecule has 2 heterocycles. The minimum atomic E-state index is -0.191. The van der Waals surface area contributed by atoms with E-state index in [1.54, 1.807) is 11.3 Å². The second kappa shape index (κ2) is 4.14. The standard InChI is InChI=1S/C9H10N2OS2/c1-2-8(12)11-9-10-6-3-4-13-5-7(6)14-9/h2H,1,3-5H2,(H,10,11,12). The Balaban J connectivity index is 2.16. The third-order valence-electron chi connectivity index (χ3n) is 1.91. The zero-order valence-electron chi connectivity index (χ0n) is 7.58. The van der Waals surface area contributed by atoms with Crippen LogP contribution in [0.4, 0.5) is 5.13 Å². The lowest BCUT2D eigenvalue weighted by molar-refractivity contribution is -0.111. The van der Waals surface area contributed by atoms with Gasteiger partial charge in [-0.05, 0) is 18.2 Å². The van der Waals surface area contributed by atoms with Gasteiger partial charge in [0.25, 0.3) is 0 Å².